The van der Waals surface area contributed by atoms with E-state index in [1.54, 1.807) is 0 Å². The highest BCUT2D eigenvalue weighted by Gasteiger charge is 2.18. The van der Waals surface area contributed by atoms with Crippen LogP contribution < -0.4 is 0 Å². The Morgan fingerprint density at radius 3 is 2.82 bits per heavy atom. The third-order valence-corrected chi connectivity index (χ3v) is 2.92. The molecule has 0 amide bonds. The standard InChI is InChI=1S/C12H12BrFO3/c1-3-4-7-8(5-11(15)17-2)10(14)6-9(13)12(7)16/h3,6,16H,1,4-5H2,2H3. The Labute approximate surface area is 107 Å². The first-order valence-electron chi connectivity index (χ1n) is 4.87. The smallest absolute Gasteiger partial charge is 0.310 e. The number of phenols is 1. The average Bonchev–Trinajstić information content (AvgIpc) is 2.30. The second kappa shape index (κ2) is 5.82. The van der Waals surface area contributed by atoms with E-state index in [4.69, 9.17) is 0 Å². The van der Waals surface area contributed by atoms with Gasteiger partial charge in [-0.2, -0.15) is 0 Å². The number of hydrogen-bond donors (Lipinski definition) is 1. The van der Waals surface area contributed by atoms with Crippen molar-refractivity contribution in [2.24, 2.45) is 0 Å². The van der Waals surface area contributed by atoms with Crippen molar-refractivity contribution in [2.45, 2.75) is 12.8 Å². The van der Waals surface area contributed by atoms with Crippen LogP contribution in [0.1, 0.15) is 11.1 Å². The number of halogens is 2. The molecule has 0 spiro atoms. The minimum atomic E-state index is -0.559. The van der Waals surface area contributed by atoms with Gasteiger partial charge in [0.15, 0.2) is 0 Å². The van der Waals surface area contributed by atoms with Gasteiger partial charge in [-0.15, -0.1) is 6.58 Å². The Bertz CT molecular complexity index is 458. The van der Waals surface area contributed by atoms with Crippen LogP contribution in [0, 0.1) is 5.82 Å². The number of methoxy groups -OCH3 is 1. The van der Waals surface area contributed by atoms with E-state index in [0.717, 1.165) is 6.07 Å². The molecule has 5 heteroatoms. The lowest BCUT2D eigenvalue weighted by Crippen LogP contribution is -2.09. The van der Waals surface area contributed by atoms with Gasteiger partial charge in [0.05, 0.1) is 18.0 Å². The van der Waals surface area contributed by atoms with Crippen molar-refractivity contribution in [1.29, 1.82) is 0 Å². The predicted molar refractivity (Wildman–Crippen MR) is 65.4 cm³/mol. The largest absolute Gasteiger partial charge is 0.506 e. The molecule has 0 aliphatic heterocycles. The molecule has 1 aromatic rings. The molecule has 0 saturated carbocycles. The van der Waals surface area contributed by atoms with Gasteiger partial charge in [0.2, 0.25) is 0 Å². The fourth-order valence-electron chi connectivity index (χ4n) is 1.47. The van der Waals surface area contributed by atoms with Crippen LogP contribution in [0.25, 0.3) is 0 Å². The molecule has 92 valence electrons. The van der Waals surface area contributed by atoms with Gasteiger partial charge < -0.3 is 9.84 Å². The number of hydrogen-bond acceptors (Lipinski definition) is 3. The lowest BCUT2D eigenvalue weighted by Gasteiger charge is -2.12. The van der Waals surface area contributed by atoms with Crippen LogP contribution >= 0.6 is 15.9 Å². The first-order chi connectivity index (χ1) is 8.01. The number of allylic oxidation sites excluding steroid dienone is 1. The molecule has 0 aliphatic rings. The summed E-state index contributed by atoms with van der Waals surface area (Å²) in [6.07, 6.45) is 1.59. The maximum absolute atomic E-state index is 13.7. The maximum Gasteiger partial charge on any atom is 0.310 e. The summed E-state index contributed by atoms with van der Waals surface area (Å²) in [4.78, 5) is 11.2. The second-order valence-electron chi connectivity index (χ2n) is 3.39. The van der Waals surface area contributed by atoms with Gasteiger partial charge in [0.1, 0.15) is 11.6 Å². The normalized spacial score (nSPS) is 10.1. The molecule has 0 bridgehead atoms. The third kappa shape index (κ3) is 3.06. The van der Waals surface area contributed by atoms with Gasteiger partial charge in [0.25, 0.3) is 0 Å². The van der Waals surface area contributed by atoms with Crippen LogP contribution in [-0.2, 0) is 22.4 Å². The van der Waals surface area contributed by atoms with Gasteiger partial charge in [-0.3, -0.25) is 4.79 Å². The summed E-state index contributed by atoms with van der Waals surface area (Å²) in [5, 5.41) is 9.81. The molecular weight excluding hydrogens is 291 g/mol. The molecule has 0 heterocycles. The van der Waals surface area contributed by atoms with Crippen LogP contribution in [0.2, 0.25) is 0 Å². The Hall–Kier alpha value is -1.36. The number of esters is 1. The highest BCUT2D eigenvalue weighted by Crippen LogP contribution is 2.33. The molecule has 0 fully saturated rings. The summed E-state index contributed by atoms with van der Waals surface area (Å²) in [6.45, 7) is 3.53. The molecular formula is C12H12BrFO3. The number of phenolic OH excluding ortho intramolecular Hbond substituents is 1. The molecule has 1 aromatic carbocycles. The van der Waals surface area contributed by atoms with Gasteiger partial charge in [-0.25, -0.2) is 4.39 Å². The summed E-state index contributed by atoms with van der Waals surface area (Å²) in [7, 11) is 1.23. The molecule has 0 radical (unpaired) electrons. The average molecular weight is 303 g/mol. The van der Waals surface area contributed by atoms with Crippen molar-refractivity contribution in [3.63, 3.8) is 0 Å². The molecule has 1 N–H and O–H groups in total. The Kier molecular flexibility index (Phi) is 4.69. The molecule has 0 atom stereocenters. The van der Waals surface area contributed by atoms with Crippen molar-refractivity contribution in [3.05, 3.63) is 40.1 Å². The summed E-state index contributed by atoms with van der Waals surface area (Å²) in [6, 6.07) is 1.13. The monoisotopic (exact) mass is 302 g/mol. The van der Waals surface area contributed by atoms with E-state index < -0.39 is 11.8 Å². The molecule has 0 aliphatic carbocycles. The van der Waals surface area contributed by atoms with E-state index >= 15 is 0 Å². The molecule has 3 nitrogen and oxygen atoms in total. The van der Waals surface area contributed by atoms with E-state index in [1.807, 2.05) is 0 Å². The summed E-state index contributed by atoms with van der Waals surface area (Å²) >= 11 is 3.04. The molecule has 1 rings (SSSR count). The van der Waals surface area contributed by atoms with Crippen LogP contribution in [0.15, 0.2) is 23.2 Å². The second-order valence-corrected chi connectivity index (χ2v) is 4.25. The van der Waals surface area contributed by atoms with Crippen molar-refractivity contribution in [1.82, 2.24) is 0 Å². The van der Waals surface area contributed by atoms with Gasteiger partial charge in [-0.05, 0) is 28.4 Å². The number of aromatic hydroxyl groups is 1. The van der Waals surface area contributed by atoms with E-state index in [9.17, 15) is 14.3 Å². The van der Waals surface area contributed by atoms with Crippen LogP contribution in [0.5, 0.6) is 5.75 Å². The van der Waals surface area contributed by atoms with E-state index in [2.05, 4.69) is 27.2 Å². The highest BCUT2D eigenvalue weighted by atomic mass is 79.9. The lowest BCUT2D eigenvalue weighted by atomic mass is 10.00. The first kappa shape index (κ1) is 13.7. The fourth-order valence-corrected chi connectivity index (χ4v) is 1.91. The van der Waals surface area contributed by atoms with Gasteiger partial charge in [-0.1, -0.05) is 6.08 Å². The zero-order valence-electron chi connectivity index (χ0n) is 9.30. The fraction of sp³-hybridized carbons (Fsp3) is 0.250. The van der Waals surface area contributed by atoms with Crippen molar-refractivity contribution < 1.29 is 19.0 Å². The quantitative estimate of drug-likeness (QED) is 0.687. The van der Waals surface area contributed by atoms with Gasteiger partial charge >= 0.3 is 5.97 Å². The predicted octanol–water partition coefficient (Wildman–Crippen LogP) is 2.74. The van der Waals surface area contributed by atoms with Crippen molar-refractivity contribution >= 4 is 21.9 Å². The molecule has 0 saturated heterocycles. The summed E-state index contributed by atoms with van der Waals surface area (Å²) in [5.41, 5.74) is 0.481. The Morgan fingerprint density at radius 1 is 1.65 bits per heavy atom. The zero-order chi connectivity index (χ0) is 13.0. The SMILES string of the molecule is C=CCc1c(O)c(Br)cc(F)c1CC(=O)OC. The topological polar surface area (TPSA) is 46.5 Å². The first-order valence-corrected chi connectivity index (χ1v) is 5.67. The summed E-state index contributed by atoms with van der Waals surface area (Å²) < 4.78 is 18.5. The third-order valence-electron chi connectivity index (χ3n) is 2.32. The lowest BCUT2D eigenvalue weighted by molar-refractivity contribution is -0.139. The van der Waals surface area contributed by atoms with Crippen molar-refractivity contribution in [3.8, 4) is 5.75 Å². The van der Waals surface area contributed by atoms with E-state index in [1.165, 1.54) is 13.2 Å². The number of ether oxygens (including phenoxy) is 1. The van der Waals surface area contributed by atoms with E-state index in [0.29, 0.717) is 5.56 Å². The van der Waals surface area contributed by atoms with Crippen molar-refractivity contribution in [2.75, 3.05) is 7.11 Å². The zero-order valence-corrected chi connectivity index (χ0v) is 10.9. The number of rotatable bonds is 4. The molecule has 0 aromatic heterocycles. The Balaban J connectivity index is 3.29. The minimum absolute atomic E-state index is 0.0785. The molecule has 0 unspecified atom stereocenters. The number of carbonyl (C=O) groups is 1. The van der Waals surface area contributed by atoms with Gasteiger partial charge in [0, 0.05) is 11.1 Å². The van der Waals surface area contributed by atoms with E-state index in [-0.39, 0.29) is 28.6 Å². The summed E-state index contributed by atoms with van der Waals surface area (Å²) in [5.74, 6) is -1.20. The minimum Gasteiger partial charge on any atom is -0.506 e. The van der Waals surface area contributed by atoms with Crippen LogP contribution in [-0.4, -0.2) is 18.2 Å². The highest BCUT2D eigenvalue weighted by molar-refractivity contribution is 9.10. The Morgan fingerprint density at radius 2 is 2.29 bits per heavy atom. The molecule has 17 heavy (non-hydrogen) atoms. The van der Waals surface area contributed by atoms with Crippen LogP contribution in [0.3, 0.4) is 0 Å². The number of carbonyl (C=O) groups excluding carboxylic acids is 1. The van der Waals surface area contributed by atoms with Crippen LogP contribution in [0.4, 0.5) is 4.39 Å². The maximum atomic E-state index is 13.7. The number of benzene rings is 1.